The number of likely N-dealkylation sites (N-methyl/N-ethyl adjacent to an activating group) is 1. The van der Waals surface area contributed by atoms with Crippen LogP contribution < -0.4 is 4.74 Å². The summed E-state index contributed by atoms with van der Waals surface area (Å²) in [7, 11) is 3.31. The Kier molecular flexibility index (Phi) is 4.69. The van der Waals surface area contributed by atoms with Gasteiger partial charge in [-0.3, -0.25) is 9.59 Å². The second kappa shape index (κ2) is 5.82. The fourth-order valence-electron chi connectivity index (χ4n) is 1.30. The van der Waals surface area contributed by atoms with Crippen molar-refractivity contribution in [3.63, 3.8) is 0 Å². The fourth-order valence-corrected chi connectivity index (χ4v) is 1.89. The Morgan fingerprint density at radius 1 is 1.47 bits per heavy atom. The van der Waals surface area contributed by atoms with Crippen LogP contribution in [-0.4, -0.2) is 37.8 Å². The topological polar surface area (TPSA) is 46.6 Å². The summed E-state index contributed by atoms with van der Waals surface area (Å²) in [5.41, 5.74) is 1.25. The van der Waals surface area contributed by atoms with E-state index in [1.54, 1.807) is 20.2 Å². The van der Waals surface area contributed by atoms with E-state index in [2.05, 4.69) is 15.9 Å². The van der Waals surface area contributed by atoms with Gasteiger partial charge in [0.1, 0.15) is 5.75 Å². The molecule has 0 N–H and O–H groups in total. The number of nitrogens with zero attached hydrogens (tertiary/aromatic N) is 1. The lowest BCUT2D eigenvalue weighted by atomic mass is 10.1. The first kappa shape index (κ1) is 13.7. The lowest BCUT2D eigenvalue weighted by molar-refractivity contribution is -0.130. The lowest BCUT2D eigenvalue weighted by Gasteiger charge is -2.14. The van der Waals surface area contributed by atoms with Crippen LogP contribution in [0.3, 0.4) is 0 Å². The van der Waals surface area contributed by atoms with E-state index >= 15 is 0 Å². The van der Waals surface area contributed by atoms with Crippen LogP contribution in [0.25, 0.3) is 0 Å². The number of carbonyl (C=O) groups is 2. The standard InChI is InChI=1S/C12H14BrNO3/c1-8-4-10(13)5-9(6-15)12(8)17-7-11(16)14(2)3/h4-6H,7H2,1-3H3. The number of aldehydes is 1. The molecule has 17 heavy (non-hydrogen) atoms. The quantitative estimate of drug-likeness (QED) is 0.799. The van der Waals surface area contributed by atoms with E-state index in [0.717, 1.165) is 10.0 Å². The molecule has 0 radical (unpaired) electrons. The monoisotopic (exact) mass is 299 g/mol. The molecule has 0 atom stereocenters. The van der Waals surface area contributed by atoms with Gasteiger partial charge in [-0.2, -0.15) is 0 Å². The molecule has 0 aromatic heterocycles. The second-order valence-corrected chi connectivity index (χ2v) is 4.75. The smallest absolute Gasteiger partial charge is 0.259 e. The van der Waals surface area contributed by atoms with Crippen molar-refractivity contribution >= 4 is 28.1 Å². The van der Waals surface area contributed by atoms with Gasteiger partial charge in [0, 0.05) is 18.6 Å². The Labute approximate surface area is 109 Å². The molecule has 1 aromatic carbocycles. The van der Waals surface area contributed by atoms with Gasteiger partial charge in [-0.05, 0) is 24.6 Å². The Hall–Kier alpha value is -1.36. The number of benzene rings is 1. The van der Waals surface area contributed by atoms with Crippen LogP contribution in [0.15, 0.2) is 16.6 Å². The molecule has 92 valence electrons. The molecule has 0 aliphatic carbocycles. The van der Waals surface area contributed by atoms with Gasteiger partial charge >= 0.3 is 0 Å². The SMILES string of the molecule is Cc1cc(Br)cc(C=O)c1OCC(=O)N(C)C. The van der Waals surface area contributed by atoms with Crippen molar-refractivity contribution in [3.05, 3.63) is 27.7 Å². The maximum Gasteiger partial charge on any atom is 0.259 e. The second-order valence-electron chi connectivity index (χ2n) is 3.84. The van der Waals surface area contributed by atoms with Crippen LogP contribution in [0.1, 0.15) is 15.9 Å². The van der Waals surface area contributed by atoms with E-state index in [0.29, 0.717) is 17.6 Å². The molecular weight excluding hydrogens is 286 g/mol. The van der Waals surface area contributed by atoms with Gasteiger partial charge in [-0.1, -0.05) is 15.9 Å². The number of halogens is 1. The van der Waals surface area contributed by atoms with E-state index in [-0.39, 0.29) is 12.5 Å². The highest BCUT2D eigenvalue weighted by atomic mass is 79.9. The van der Waals surface area contributed by atoms with Crippen LogP contribution in [0.4, 0.5) is 0 Å². The van der Waals surface area contributed by atoms with Crippen LogP contribution in [0.2, 0.25) is 0 Å². The van der Waals surface area contributed by atoms with Crippen molar-refractivity contribution in [2.75, 3.05) is 20.7 Å². The average molecular weight is 300 g/mol. The summed E-state index contributed by atoms with van der Waals surface area (Å²) in [6.45, 7) is 1.75. The zero-order valence-electron chi connectivity index (χ0n) is 9.99. The number of amides is 1. The highest BCUT2D eigenvalue weighted by Crippen LogP contribution is 2.26. The highest BCUT2D eigenvalue weighted by Gasteiger charge is 2.11. The molecule has 0 saturated carbocycles. The third-order valence-corrected chi connectivity index (χ3v) is 2.69. The molecular formula is C12H14BrNO3. The first-order valence-corrected chi connectivity index (χ1v) is 5.83. The Balaban J connectivity index is 2.90. The summed E-state index contributed by atoms with van der Waals surface area (Å²) in [6, 6.07) is 3.50. The maximum absolute atomic E-state index is 11.4. The van der Waals surface area contributed by atoms with Crippen LogP contribution in [-0.2, 0) is 4.79 Å². The number of hydrogen-bond acceptors (Lipinski definition) is 3. The summed E-state index contributed by atoms with van der Waals surface area (Å²) in [5.74, 6) is 0.308. The third kappa shape index (κ3) is 3.56. The molecule has 5 heteroatoms. The molecule has 0 aliphatic heterocycles. The van der Waals surface area contributed by atoms with E-state index in [4.69, 9.17) is 4.74 Å². The van der Waals surface area contributed by atoms with Gasteiger partial charge in [0.25, 0.3) is 5.91 Å². The molecule has 4 nitrogen and oxygen atoms in total. The minimum atomic E-state index is -0.149. The molecule has 0 heterocycles. The molecule has 0 unspecified atom stereocenters. The Bertz CT molecular complexity index is 444. The van der Waals surface area contributed by atoms with E-state index < -0.39 is 0 Å². The first-order valence-electron chi connectivity index (χ1n) is 5.04. The summed E-state index contributed by atoms with van der Waals surface area (Å²) < 4.78 is 6.20. The number of rotatable bonds is 4. The predicted molar refractivity (Wildman–Crippen MR) is 68.5 cm³/mol. The summed E-state index contributed by atoms with van der Waals surface area (Å²) in [6.07, 6.45) is 0.716. The van der Waals surface area contributed by atoms with Gasteiger partial charge in [-0.25, -0.2) is 0 Å². The molecule has 0 aliphatic rings. The lowest BCUT2D eigenvalue weighted by Crippen LogP contribution is -2.27. The molecule has 1 amide bonds. The summed E-state index contributed by atoms with van der Waals surface area (Å²) >= 11 is 3.30. The minimum absolute atomic E-state index is 0.0731. The molecule has 1 aromatic rings. The molecule has 1 rings (SSSR count). The largest absolute Gasteiger partial charge is 0.483 e. The van der Waals surface area contributed by atoms with Gasteiger partial charge in [0.15, 0.2) is 12.9 Å². The van der Waals surface area contributed by atoms with Gasteiger partial charge in [0.05, 0.1) is 5.56 Å². The number of hydrogen-bond donors (Lipinski definition) is 0. The van der Waals surface area contributed by atoms with Crippen LogP contribution in [0.5, 0.6) is 5.75 Å². The minimum Gasteiger partial charge on any atom is -0.483 e. The zero-order chi connectivity index (χ0) is 13.0. The Morgan fingerprint density at radius 2 is 2.12 bits per heavy atom. The van der Waals surface area contributed by atoms with Gasteiger partial charge in [-0.15, -0.1) is 0 Å². The predicted octanol–water partition coefficient (Wildman–Crippen LogP) is 2.04. The van der Waals surface area contributed by atoms with Crippen molar-refractivity contribution in [1.29, 1.82) is 0 Å². The van der Waals surface area contributed by atoms with Gasteiger partial charge < -0.3 is 9.64 Å². The summed E-state index contributed by atoms with van der Waals surface area (Å²) in [4.78, 5) is 23.8. The molecule has 0 bridgehead atoms. The normalized spacial score (nSPS) is 9.88. The van der Waals surface area contributed by atoms with Gasteiger partial charge in [0.2, 0.25) is 0 Å². The number of aryl methyl sites for hydroxylation is 1. The fraction of sp³-hybridized carbons (Fsp3) is 0.333. The molecule has 0 fully saturated rings. The van der Waals surface area contributed by atoms with E-state index in [1.807, 2.05) is 13.0 Å². The van der Waals surface area contributed by atoms with Crippen LogP contribution >= 0.6 is 15.9 Å². The van der Waals surface area contributed by atoms with Crippen molar-refractivity contribution in [3.8, 4) is 5.75 Å². The average Bonchev–Trinajstić information content (AvgIpc) is 2.26. The maximum atomic E-state index is 11.4. The molecule has 0 saturated heterocycles. The Morgan fingerprint density at radius 3 is 2.65 bits per heavy atom. The van der Waals surface area contributed by atoms with E-state index in [1.165, 1.54) is 4.90 Å². The van der Waals surface area contributed by atoms with E-state index in [9.17, 15) is 9.59 Å². The van der Waals surface area contributed by atoms with Crippen LogP contribution in [0, 0.1) is 6.92 Å². The first-order chi connectivity index (χ1) is 7.95. The summed E-state index contributed by atoms with van der Waals surface area (Å²) in [5, 5.41) is 0. The highest BCUT2D eigenvalue weighted by molar-refractivity contribution is 9.10. The van der Waals surface area contributed by atoms with Crippen molar-refractivity contribution in [2.24, 2.45) is 0 Å². The zero-order valence-corrected chi connectivity index (χ0v) is 11.6. The van der Waals surface area contributed by atoms with Crippen molar-refractivity contribution < 1.29 is 14.3 Å². The number of ether oxygens (including phenoxy) is 1. The van der Waals surface area contributed by atoms with Crippen molar-refractivity contribution in [2.45, 2.75) is 6.92 Å². The molecule has 0 spiro atoms. The van der Waals surface area contributed by atoms with Crippen molar-refractivity contribution in [1.82, 2.24) is 4.90 Å². The number of carbonyl (C=O) groups excluding carboxylic acids is 2. The third-order valence-electron chi connectivity index (χ3n) is 2.23.